The Bertz CT molecular complexity index is 732. The van der Waals surface area contributed by atoms with Crippen molar-refractivity contribution in [2.24, 2.45) is 34.5 Å². The van der Waals surface area contributed by atoms with Crippen molar-refractivity contribution >= 4 is 11.8 Å². The monoisotopic (exact) mass is 412 g/mol. The lowest BCUT2D eigenvalue weighted by Crippen LogP contribution is -2.51. The molecule has 0 radical (unpaired) electrons. The van der Waals surface area contributed by atoms with Gasteiger partial charge in [-0.15, -0.1) is 0 Å². The molecule has 4 saturated carbocycles. The highest BCUT2D eigenvalue weighted by atomic mass is 16.5. The molecule has 6 atom stereocenters. The Morgan fingerprint density at radius 1 is 1.00 bits per heavy atom. The smallest absolute Gasteiger partial charge is 0.306 e. The van der Waals surface area contributed by atoms with E-state index < -0.39 is 0 Å². The maximum atomic E-state index is 12.7. The van der Waals surface area contributed by atoms with Gasteiger partial charge in [-0.2, -0.15) is 0 Å². The number of carbonyl (C=O) groups excluding carboxylic acids is 2. The zero-order chi connectivity index (χ0) is 20.9. The third-order valence-electron chi connectivity index (χ3n) is 10.4. The van der Waals surface area contributed by atoms with Crippen LogP contribution in [-0.2, 0) is 14.3 Å². The molecule has 0 spiro atoms. The Kier molecular flexibility index (Phi) is 5.39. The van der Waals surface area contributed by atoms with Crippen molar-refractivity contribution in [2.45, 2.75) is 110 Å². The van der Waals surface area contributed by atoms with Crippen LogP contribution in [-0.4, -0.2) is 17.9 Å². The van der Waals surface area contributed by atoms with Crippen molar-refractivity contribution in [3.8, 4) is 0 Å². The summed E-state index contributed by atoms with van der Waals surface area (Å²) in [5.74, 6) is 3.28. The Morgan fingerprint density at radius 3 is 2.60 bits per heavy atom. The predicted octanol–water partition coefficient (Wildman–Crippen LogP) is 6.40. The fourth-order valence-electron chi connectivity index (χ4n) is 8.54. The van der Waals surface area contributed by atoms with Crippen LogP contribution in [0.25, 0.3) is 0 Å². The molecule has 2 unspecified atom stereocenters. The topological polar surface area (TPSA) is 43.4 Å². The first-order valence-electron chi connectivity index (χ1n) is 12.8. The number of fused-ring (bicyclic) bond motifs is 5. The van der Waals surface area contributed by atoms with Gasteiger partial charge < -0.3 is 4.74 Å². The number of hydrogen-bond acceptors (Lipinski definition) is 3. The third-order valence-corrected chi connectivity index (χ3v) is 10.4. The maximum absolute atomic E-state index is 12.7. The van der Waals surface area contributed by atoms with Gasteiger partial charge in [-0.05, 0) is 86.5 Å². The second-order valence-electron chi connectivity index (χ2n) is 11.8. The van der Waals surface area contributed by atoms with Gasteiger partial charge >= 0.3 is 5.97 Å². The minimum atomic E-state index is 0.0579. The molecule has 0 amide bonds. The lowest BCUT2D eigenvalue weighted by Gasteiger charge is -2.57. The van der Waals surface area contributed by atoms with E-state index in [2.05, 4.69) is 13.8 Å². The van der Waals surface area contributed by atoms with Crippen LogP contribution in [0.2, 0.25) is 0 Å². The number of carbonyl (C=O) groups is 2. The molecule has 0 aromatic carbocycles. The molecule has 0 aromatic rings. The fourth-order valence-corrected chi connectivity index (χ4v) is 8.54. The summed E-state index contributed by atoms with van der Waals surface area (Å²) >= 11 is 0. The molecular weight excluding hydrogens is 372 g/mol. The summed E-state index contributed by atoms with van der Waals surface area (Å²) in [5, 5.41) is 0. The van der Waals surface area contributed by atoms with Gasteiger partial charge in [0.25, 0.3) is 0 Å². The Labute approximate surface area is 182 Å². The average molecular weight is 413 g/mol. The van der Waals surface area contributed by atoms with Crippen molar-refractivity contribution in [3.63, 3.8) is 0 Å². The number of allylic oxidation sites excluding steroid dienone is 1. The zero-order valence-corrected chi connectivity index (χ0v) is 19.1. The Morgan fingerprint density at radius 2 is 1.80 bits per heavy atom. The van der Waals surface area contributed by atoms with Crippen LogP contribution in [0.3, 0.4) is 0 Å². The number of ether oxygens (including phenoxy) is 1. The minimum Gasteiger partial charge on any atom is -0.462 e. The van der Waals surface area contributed by atoms with E-state index >= 15 is 0 Å². The highest BCUT2D eigenvalue weighted by Crippen LogP contribution is 2.65. The molecule has 166 valence electrons. The zero-order valence-electron chi connectivity index (χ0n) is 19.1. The van der Waals surface area contributed by atoms with Gasteiger partial charge in [-0.25, -0.2) is 0 Å². The molecule has 0 aromatic heterocycles. The molecule has 0 aliphatic heterocycles. The van der Waals surface area contributed by atoms with Crippen LogP contribution < -0.4 is 0 Å². The van der Waals surface area contributed by atoms with Crippen LogP contribution in [0.4, 0.5) is 0 Å². The van der Waals surface area contributed by atoms with E-state index in [1.807, 2.05) is 6.08 Å². The van der Waals surface area contributed by atoms with E-state index in [4.69, 9.17) is 4.74 Å². The summed E-state index contributed by atoms with van der Waals surface area (Å²) in [6.45, 7) is 4.87. The largest absolute Gasteiger partial charge is 0.462 e. The van der Waals surface area contributed by atoms with Gasteiger partial charge in [0.15, 0.2) is 5.78 Å². The first-order valence-corrected chi connectivity index (χ1v) is 12.8. The van der Waals surface area contributed by atoms with Crippen molar-refractivity contribution in [3.05, 3.63) is 11.6 Å². The lowest BCUT2D eigenvalue weighted by atomic mass is 9.47. The molecule has 0 N–H and O–H groups in total. The van der Waals surface area contributed by atoms with Crippen molar-refractivity contribution in [2.75, 3.05) is 0 Å². The number of ketones is 1. The molecule has 5 rings (SSSR count). The van der Waals surface area contributed by atoms with Gasteiger partial charge in [-0.1, -0.05) is 45.1 Å². The van der Waals surface area contributed by atoms with E-state index in [0.29, 0.717) is 24.0 Å². The minimum absolute atomic E-state index is 0.0579. The number of rotatable bonds is 4. The molecular formula is C27H40O3. The SMILES string of the molecule is CC12CCC(=O)C=C1CC[C@@H]1[C@@H]2CCC2(C)[C@@H](OC(=O)CCC3CCCC3)CC[C@@H]12. The predicted molar refractivity (Wildman–Crippen MR) is 118 cm³/mol. The van der Waals surface area contributed by atoms with Crippen LogP contribution in [0.1, 0.15) is 104 Å². The Hall–Kier alpha value is -1.12. The maximum Gasteiger partial charge on any atom is 0.306 e. The number of esters is 1. The molecule has 4 fully saturated rings. The van der Waals surface area contributed by atoms with Crippen LogP contribution >= 0.6 is 0 Å². The van der Waals surface area contributed by atoms with Crippen molar-refractivity contribution < 1.29 is 14.3 Å². The van der Waals surface area contributed by atoms with E-state index in [1.165, 1.54) is 56.9 Å². The van der Waals surface area contributed by atoms with E-state index in [0.717, 1.165) is 43.9 Å². The summed E-state index contributed by atoms with van der Waals surface area (Å²) in [7, 11) is 0. The fraction of sp³-hybridized carbons (Fsp3) is 0.852. The summed E-state index contributed by atoms with van der Waals surface area (Å²) < 4.78 is 6.17. The Balaban J connectivity index is 1.25. The molecule has 30 heavy (non-hydrogen) atoms. The number of hydrogen-bond donors (Lipinski definition) is 0. The van der Waals surface area contributed by atoms with E-state index in [9.17, 15) is 9.59 Å². The molecule has 3 nitrogen and oxygen atoms in total. The average Bonchev–Trinajstić information content (AvgIpc) is 3.35. The van der Waals surface area contributed by atoms with Crippen LogP contribution in [0, 0.1) is 34.5 Å². The quantitative estimate of drug-likeness (QED) is 0.502. The molecule has 0 bridgehead atoms. The first-order chi connectivity index (χ1) is 14.4. The van der Waals surface area contributed by atoms with E-state index in [1.54, 1.807) is 0 Å². The van der Waals surface area contributed by atoms with E-state index in [-0.39, 0.29) is 22.9 Å². The van der Waals surface area contributed by atoms with Crippen molar-refractivity contribution in [1.82, 2.24) is 0 Å². The summed E-state index contributed by atoms with van der Waals surface area (Å²) in [5.41, 5.74) is 1.83. The van der Waals surface area contributed by atoms with Gasteiger partial charge in [0, 0.05) is 18.3 Å². The third kappa shape index (κ3) is 3.39. The molecule has 3 heteroatoms. The lowest BCUT2D eigenvalue weighted by molar-refractivity contribution is -0.160. The molecule has 0 heterocycles. The normalized spacial score (nSPS) is 43.5. The summed E-state index contributed by atoms with van der Waals surface area (Å²) in [6.07, 6.45) is 17.8. The van der Waals surface area contributed by atoms with Gasteiger partial charge in [0.1, 0.15) is 6.10 Å². The van der Waals surface area contributed by atoms with Crippen LogP contribution in [0.5, 0.6) is 0 Å². The molecule has 5 aliphatic rings. The second-order valence-corrected chi connectivity index (χ2v) is 11.8. The highest BCUT2D eigenvalue weighted by molar-refractivity contribution is 5.91. The molecule has 5 aliphatic carbocycles. The summed E-state index contributed by atoms with van der Waals surface area (Å²) in [6, 6.07) is 0. The van der Waals surface area contributed by atoms with Crippen molar-refractivity contribution in [1.29, 1.82) is 0 Å². The molecule has 0 saturated heterocycles. The standard InChI is InChI=1S/C27H40O3/c1-26-15-13-20(28)17-19(26)8-9-21-22-10-11-24(27(22,2)16-14-23(21)26)30-25(29)12-7-18-5-3-4-6-18/h17-18,21-24H,3-16H2,1-2H3/t21-,22-,23-,24-,26?,27?/m0/s1. The van der Waals surface area contributed by atoms with Gasteiger partial charge in [0.2, 0.25) is 0 Å². The van der Waals surface area contributed by atoms with Gasteiger partial charge in [-0.3, -0.25) is 9.59 Å². The summed E-state index contributed by atoms with van der Waals surface area (Å²) in [4.78, 5) is 24.7. The second kappa shape index (κ2) is 7.78. The first kappa shape index (κ1) is 20.8. The van der Waals surface area contributed by atoms with Crippen LogP contribution in [0.15, 0.2) is 11.6 Å². The van der Waals surface area contributed by atoms with Gasteiger partial charge in [0.05, 0.1) is 0 Å². The highest BCUT2D eigenvalue weighted by Gasteiger charge is 2.59.